The third-order valence-electron chi connectivity index (χ3n) is 7.78. The minimum absolute atomic E-state index is 0.685. The number of benzene rings is 2. The lowest BCUT2D eigenvalue weighted by molar-refractivity contribution is 0.280. The topological polar surface area (TPSA) is 41.1 Å². The van der Waals surface area contributed by atoms with Gasteiger partial charge in [-0.05, 0) is 75.1 Å². The van der Waals surface area contributed by atoms with Crippen molar-refractivity contribution in [2.45, 2.75) is 85.0 Å². The average Bonchev–Trinajstić information content (AvgIpc) is 2.89. The SMILES string of the molecule is CCCCCC(CNCC1CCC(C)CC1)c1ccc(C)cc1.Cc1nc(N(C)C)c2ccccc2n1. The van der Waals surface area contributed by atoms with Crippen LogP contribution >= 0.6 is 0 Å². The van der Waals surface area contributed by atoms with E-state index in [0.29, 0.717) is 5.92 Å². The van der Waals surface area contributed by atoms with Crippen molar-refractivity contribution in [1.82, 2.24) is 15.3 Å². The molecule has 4 heteroatoms. The second-order valence-electron chi connectivity index (χ2n) is 11.4. The summed E-state index contributed by atoms with van der Waals surface area (Å²) >= 11 is 0. The van der Waals surface area contributed by atoms with Crippen LogP contribution in [0, 0.1) is 25.7 Å². The molecule has 2 aromatic carbocycles. The predicted octanol–water partition coefficient (Wildman–Crippen LogP) is 8.08. The van der Waals surface area contributed by atoms with Crippen LogP contribution in [0.2, 0.25) is 0 Å². The Morgan fingerprint density at radius 3 is 2.30 bits per heavy atom. The van der Waals surface area contributed by atoms with Gasteiger partial charge in [0, 0.05) is 26.0 Å². The molecule has 1 saturated carbocycles. The fourth-order valence-corrected chi connectivity index (χ4v) is 5.37. The Kier molecular flexibility index (Phi) is 11.9. The fraction of sp³-hybridized carbons (Fsp3) is 0.576. The van der Waals surface area contributed by atoms with E-state index in [1.165, 1.54) is 69.0 Å². The van der Waals surface area contributed by atoms with Crippen LogP contribution in [-0.2, 0) is 0 Å². The quantitative estimate of drug-likeness (QED) is 0.285. The Balaban J connectivity index is 0.000000231. The van der Waals surface area contributed by atoms with Gasteiger partial charge in [-0.25, -0.2) is 9.97 Å². The summed E-state index contributed by atoms with van der Waals surface area (Å²) in [5.74, 6) is 4.35. The maximum atomic E-state index is 4.42. The van der Waals surface area contributed by atoms with Crippen LogP contribution in [0.15, 0.2) is 48.5 Å². The van der Waals surface area contributed by atoms with E-state index in [1.807, 2.05) is 50.2 Å². The van der Waals surface area contributed by atoms with Gasteiger partial charge in [-0.3, -0.25) is 0 Å². The van der Waals surface area contributed by atoms with Crippen LogP contribution in [0.5, 0.6) is 0 Å². The maximum Gasteiger partial charge on any atom is 0.139 e. The Labute approximate surface area is 226 Å². The average molecular weight is 503 g/mol. The number of unbranched alkanes of at least 4 members (excludes halogenated alkanes) is 2. The van der Waals surface area contributed by atoms with Gasteiger partial charge in [0.15, 0.2) is 0 Å². The zero-order valence-electron chi connectivity index (χ0n) is 24.3. The van der Waals surface area contributed by atoms with Crippen molar-refractivity contribution in [3.8, 4) is 0 Å². The molecule has 1 N–H and O–H groups in total. The van der Waals surface area contributed by atoms with E-state index < -0.39 is 0 Å². The molecule has 0 amide bonds. The van der Waals surface area contributed by atoms with Crippen molar-refractivity contribution >= 4 is 16.7 Å². The van der Waals surface area contributed by atoms with Crippen molar-refractivity contribution in [2.24, 2.45) is 11.8 Å². The Bertz CT molecular complexity index is 1050. The molecule has 0 radical (unpaired) electrons. The molecule has 1 aliphatic carbocycles. The molecule has 3 aromatic rings. The highest BCUT2D eigenvalue weighted by atomic mass is 15.1. The third-order valence-corrected chi connectivity index (χ3v) is 7.78. The third kappa shape index (κ3) is 9.41. The molecular formula is C33H50N4. The molecule has 202 valence electrons. The summed E-state index contributed by atoms with van der Waals surface area (Å²) in [6, 6.07) is 17.3. The van der Waals surface area contributed by atoms with Crippen molar-refractivity contribution in [1.29, 1.82) is 0 Å². The highest BCUT2D eigenvalue weighted by Gasteiger charge is 2.18. The predicted molar refractivity (Wildman–Crippen MR) is 161 cm³/mol. The van der Waals surface area contributed by atoms with Gasteiger partial charge in [0.05, 0.1) is 5.52 Å². The van der Waals surface area contributed by atoms with Gasteiger partial charge >= 0.3 is 0 Å². The van der Waals surface area contributed by atoms with E-state index in [4.69, 9.17) is 0 Å². The minimum atomic E-state index is 0.685. The molecule has 1 atom stereocenters. The number of hydrogen-bond acceptors (Lipinski definition) is 4. The molecule has 1 unspecified atom stereocenters. The van der Waals surface area contributed by atoms with E-state index >= 15 is 0 Å². The van der Waals surface area contributed by atoms with Crippen LogP contribution in [0.4, 0.5) is 5.82 Å². The largest absolute Gasteiger partial charge is 0.362 e. The summed E-state index contributed by atoms with van der Waals surface area (Å²) in [5, 5.41) is 4.91. The lowest BCUT2D eigenvalue weighted by Crippen LogP contribution is -2.29. The number of rotatable bonds is 10. The first-order valence-electron chi connectivity index (χ1n) is 14.5. The van der Waals surface area contributed by atoms with Crippen LogP contribution in [-0.4, -0.2) is 37.2 Å². The maximum absolute atomic E-state index is 4.42. The number of aromatic nitrogens is 2. The summed E-state index contributed by atoms with van der Waals surface area (Å²) in [4.78, 5) is 10.8. The number of nitrogens with one attached hydrogen (secondary N) is 1. The Morgan fingerprint density at radius 2 is 1.62 bits per heavy atom. The van der Waals surface area contributed by atoms with Crippen molar-refractivity contribution in [2.75, 3.05) is 32.1 Å². The molecule has 4 nitrogen and oxygen atoms in total. The summed E-state index contributed by atoms with van der Waals surface area (Å²) in [7, 11) is 3.99. The number of fused-ring (bicyclic) bond motifs is 1. The number of para-hydroxylation sites is 1. The van der Waals surface area contributed by atoms with Gasteiger partial charge in [0.25, 0.3) is 0 Å². The lowest BCUT2D eigenvalue weighted by Gasteiger charge is -2.27. The molecule has 1 heterocycles. The number of anilines is 1. The molecular weight excluding hydrogens is 452 g/mol. The van der Waals surface area contributed by atoms with Crippen LogP contribution in [0.25, 0.3) is 10.9 Å². The van der Waals surface area contributed by atoms with Gasteiger partial charge in [-0.15, -0.1) is 0 Å². The van der Waals surface area contributed by atoms with Gasteiger partial charge in [-0.2, -0.15) is 0 Å². The van der Waals surface area contributed by atoms with Gasteiger partial charge in [0.1, 0.15) is 11.6 Å². The summed E-state index contributed by atoms with van der Waals surface area (Å²) in [6.45, 7) is 11.2. The molecule has 1 aliphatic rings. The molecule has 0 bridgehead atoms. The lowest BCUT2D eigenvalue weighted by atomic mass is 9.83. The summed E-state index contributed by atoms with van der Waals surface area (Å²) in [6.07, 6.45) is 11.1. The van der Waals surface area contributed by atoms with E-state index in [-0.39, 0.29) is 0 Å². The normalized spacial score (nSPS) is 18.2. The fourth-order valence-electron chi connectivity index (χ4n) is 5.37. The highest BCUT2D eigenvalue weighted by molar-refractivity contribution is 5.89. The first kappa shape index (κ1) is 29.1. The smallest absolute Gasteiger partial charge is 0.139 e. The van der Waals surface area contributed by atoms with Crippen LogP contribution < -0.4 is 10.2 Å². The first-order valence-corrected chi connectivity index (χ1v) is 14.5. The second kappa shape index (κ2) is 15.1. The van der Waals surface area contributed by atoms with Gasteiger partial charge in [-0.1, -0.05) is 87.9 Å². The van der Waals surface area contributed by atoms with E-state index in [1.54, 1.807) is 0 Å². The number of nitrogens with zero attached hydrogens (tertiary/aromatic N) is 3. The van der Waals surface area contributed by atoms with Gasteiger partial charge in [0.2, 0.25) is 0 Å². The molecule has 0 aliphatic heterocycles. The van der Waals surface area contributed by atoms with Crippen molar-refractivity contribution in [3.63, 3.8) is 0 Å². The van der Waals surface area contributed by atoms with E-state index in [0.717, 1.165) is 40.9 Å². The second-order valence-corrected chi connectivity index (χ2v) is 11.4. The van der Waals surface area contributed by atoms with E-state index in [9.17, 15) is 0 Å². The zero-order valence-corrected chi connectivity index (χ0v) is 24.3. The highest BCUT2D eigenvalue weighted by Crippen LogP contribution is 2.28. The molecule has 0 spiro atoms. The monoisotopic (exact) mass is 502 g/mol. The summed E-state index contributed by atoms with van der Waals surface area (Å²) < 4.78 is 0. The van der Waals surface area contributed by atoms with Crippen molar-refractivity contribution < 1.29 is 0 Å². The zero-order chi connectivity index (χ0) is 26.6. The Morgan fingerprint density at radius 1 is 0.919 bits per heavy atom. The summed E-state index contributed by atoms with van der Waals surface area (Å²) in [5.41, 5.74) is 3.89. The first-order chi connectivity index (χ1) is 17.9. The van der Waals surface area contributed by atoms with Gasteiger partial charge < -0.3 is 10.2 Å². The Hall–Kier alpha value is -2.46. The minimum Gasteiger partial charge on any atom is -0.362 e. The molecule has 4 rings (SSSR count). The number of aryl methyl sites for hydroxylation is 2. The molecule has 0 saturated heterocycles. The molecule has 1 aromatic heterocycles. The van der Waals surface area contributed by atoms with Crippen LogP contribution in [0.3, 0.4) is 0 Å². The van der Waals surface area contributed by atoms with Crippen LogP contribution in [0.1, 0.15) is 88.1 Å². The standard InChI is InChI=1S/C22H37N.C11H13N3/c1-4-5-6-7-22(21-14-10-19(3)11-15-21)17-23-16-20-12-8-18(2)9-13-20;1-8-12-10-7-5-4-6-9(10)11(13-8)14(2)3/h10-11,14-15,18,20,22-23H,4-9,12-13,16-17H2,1-3H3;4-7H,1-3H3. The number of hydrogen-bond donors (Lipinski definition) is 1. The molecule has 37 heavy (non-hydrogen) atoms. The van der Waals surface area contributed by atoms with E-state index in [2.05, 4.69) is 60.3 Å². The molecule has 1 fully saturated rings. The van der Waals surface area contributed by atoms with Crippen molar-refractivity contribution in [3.05, 3.63) is 65.5 Å².